The molecule has 1 fully saturated rings. The van der Waals surface area contributed by atoms with E-state index in [2.05, 4.69) is 4.72 Å². The van der Waals surface area contributed by atoms with Gasteiger partial charge in [0.15, 0.2) is 0 Å². The summed E-state index contributed by atoms with van der Waals surface area (Å²) in [5, 5.41) is 0. The number of rotatable bonds is 6. The third-order valence-electron chi connectivity index (χ3n) is 4.43. The van der Waals surface area contributed by atoms with Crippen molar-refractivity contribution in [1.29, 1.82) is 0 Å². The molecule has 8 nitrogen and oxygen atoms in total. The van der Waals surface area contributed by atoms with Crippen molar-refractivity contribution in [2.24, 2.45) is 5.73 Å². The summed E-state index contributed by atoms with van der Waals surface area (Å²) < 4.78 is 33.4. The molecule has 1 aliphatic rings. The molecule has 0 bridgehead atoms. The highest BCUT2D eigenvalue weighted by Crippen LogP contribution is 2.26. The van der Waals surface area contributed by atoms with Crippen LogP contribution >= 0.6 is 11.8 Å². The Morgan fingerprint density at radius 2 is 1.76 bits per heavy atom. The number of thioether (sulfide) groups is 1. The van der Waals surface area contributed by atoms with Crippen molar-refractivity contribution in [3.8, 4) is 0 Å². The molecule has 0 saturated carbocycles. The predicted octanol–water partition coefficient (Wildman–Crippen LogP) is 1.78. The fourth-order valence-corrected chi connectivity index (χ4v) is 4.53. The average Bonchev–Trinajstić information content (AvgIpc) is 2.73. The van der Waals surface area contributed by atoms with Crippen LogP contribution in [0.3, 0.4) is 0 Å². The van der Waals surface area contributed by atoms with Gasteiger partial charge in [-0.25, -0.2) is 8.42 Å². The number of carbonyl (C=O) groups is 2. The molecule has 0 atom stereocenters. The van der Waals surface area contributed by atoms with Crippen LogP contribution in [0.15, 0.2) is 52.3 Å². The fourth-order valence-electron chi connectivity index (χ4n) is 2.87. The molecule has 10 heteroatoms. The number of sulfonamides is 1. The number of primary amides is 1. The minimum Gasteiger partial charge on any atom is -0.378 e. The van der Waals surface area contributed by atoms with Gasteiger partial charge in [0.05, 0.1) is 23.7 Å². The number of hydrogen-bond acceptors (Lipinski definition) is 6. The van der Waals surface area contributed by atoms with E-state index in [4.69, 9.17) is 10.5 Å². The molecule has 3 N–H and O–H groups in total. The third-order valence-corrected chi connectivity index (χ3v) is 6.61. The lowest BCUT2D eigenvalue weighted by molar-refractivity contribution is 0.0300. The van der Waals surface area contributed by atoms with Crippen LogP contribution in [0.2, 0.25) is 0 Å². The van der Waals surface area contributed by atoms with Crippen molar-refractivity contribution in [3.63, 3.8) is 0 Å². The molecule has 2 aromatic carbocycles. The van der Waals surface area contributed by atoms with Gasteiger partial charge in [-0.15, -0.1) is 11.8 Å². The first-order chi connectivity index (χ1) is 13.8. The van der Waals surface area contributed by atoms with Crippen molar-refractivity contribution in [2.75, 3.05) is 37.3 Å². The molecular weight excluding hydrogens is 414 g/mol. The maximum absolute atomic E-state index is 12.9. The maximum Gasteiger partial charge on any atom is 0.261 e. The normalized spacial score (nSPS) is 14.4. The van der Waals surface area contributed by atoms with Crippen molar-refractivity contribution in [1.82, 2.24) is 4.90 Å². The first-order valence-corrected chi connectivity index (χ1v) is 11.5. The van der Waals surface area contributed by atoms with Gasteiger partial charge in [0.2, 0.25) is 5.91 Å². The Morgan fingerprint density at radius 3 is 2.34 bits per heavy atom. The summed E-state index contributed by atoms with van der Waals surface area (Å²) in [4.78, 5) is 26.4. The summed E-state index contributed by atoms with van der Waals surface area (Å²) in [6, 6.07) is 10.3. The smallest absolute Gasteiger partial charge is 0.261 e. The average molecular weight is 436 g/mol. The zero-order valence-electron chi connectivity index (χ0n) is 15.8. The van der Waals surface area contributed by atoms with Gasteiger partial charge in [0, 0.05) is 29.2 Å². The summed E-state index contributed by atoms with van der Waals surface area (Å²) >= 11 is 1.38. The minimum atomic E-state index is -3.93. The molecule has 3 rings (SSSR count). The Balaban J connectivity index is 1.88. The maximum atomic E-state index is 12.9. The lowest BCUT2D eigenvalue weighted by Gasteiger charge is -2.27. The number of morpholine rings is 1. The van der Waals surface area contributed by atoms with Gasteiger partial charge in [-0.3, -0.25) is 14.3 Å². The number of nitrogens with two attached hydrogens (primary N) is 1. The zero-order valence-corrected chi connectivity index (χ0v) is 17.4. The van der Waals surface area contributed by atoms with Crippen LogP contribution in [0.25, 0.3) is 0 Å². The number of carbonyl (C=O) groups excluding carboxylic acids is 2. The molecule has 0 radical (unpaired) electrons. The van der Waals surface area contributed by atoms with Gasteiger partial charge in [-0.1, -0.05) is 0 Å². The molecule has 0 aliphatic carbocycles. The SMILES string of the molecule is CSc1ccc(S(=O)(=O)Nc2ccc(C(N)=O)cc2)cc1C(=O)N1CCOCC1. The Morgan fingerprint density at radius 1 is 1.10 bits per heavy atom. The number of benzene rings is 2. The number of nitrogens with one attached hydrogen (secondary N) is 1. The summed E-state index contributed by atoms with van der Waals surface area (Å²) in [7, 11) is -3.93. The zero-order chi connectivity index (χ0) is 21.0. The van der Waals surface area contributed by atoms with Crippen molar-refractivity contribution >= 4 is 39.3 Å². The Bertz CT molecular complexity index is 1020. The van der Waals surface area contributed by atoms with E-state index < -0.39 is 15.9 Å². The fraction of sp³-hybridized carbons (Fsp3) is 0.263. The number of nitrogens with zero attached hydrogens (tertiary/aromatic N) is 1. The van der Waals surface area contributed by atoms with Crippen LogP contribution < -0.4 is 10.5 Å². The standard InChI is InChI=1S/C19H21N3O5S2/c1-28-17-7-6-15(12-16(17)19(24)22-8-10-27-11-9-22)29(25,26)21-14-4-2-13(3-5-14)18(20)23/h2-7,12,21H,8-11H2,1H3,(H2,20,23). The van der Waals surface area contributed by atoms with Gasteiger partial charge in [-0.05, 0) is 48.7 Å². The second kappa shape index (κ2) is 8.85. The van der Waals surface area contributed by atoms with Crippen LogP contribution in [0.5, 0.6) is 0 Å². The van der Waals surface area contributed by atoms with E-state index in [9.17, 15) is 18.0 Å². The highest BCUT2D eigenvalue weighted by atomic mass is 32.2. The van der Waals surface area contributed by atoms with Crippen LogP contribution in [0.4, 0.5) is 5.69 Å². The molecule has 1 saturated heterocycles. The molecule has 0 unspecified atom stereocenters. The Kier molecular flexibility index (Phi) is 6.46. The Hall–Kier alpha value is -2.56. The minimum absolute atomic E-state index is 0.0223. The number of ether oxygens (including phenoxy) is 1. The second-order valence-electron chi connectivity index (χ2n) is 6.31. The molecule has 1 aliphatic heterocycles. The Labute approximate surface area is 173 Å². The van der Waals surface area contributed by atoms with E-state index in [1.165, 1.54) is 48.2 Å². The first kappa shape index (κ1) is 21.2. The van der Waals surface area contributed by atoms with Crippen molar-refractivity contribution in [3.05, 3.63) is 53.6 Å². The molecule has 1 heterocycles. The molecule has 0 spiro atoms. The first-order valence-electron chi connectivity index (χ1n) is 8.79. The topological polar surface area (TPSA) is 119 Å². The molecule has 154 valence electrons. The lowest BCUT2D eigenvalue weighted by Crippen LogP contribution is -2.40. The van der Waals surface area contributed by atoms with Crippen molar-refractivity contribution < 1.29 is 22.7 Å². The van der Waals surface area contributed by atoms with Crippen molar-refractivity contribution in [2.45, 2.75) is 9.79 Å². The van der Waals surface area contributed by atoms with Crippen LogP contribution in [0.1, 0.15) is 20.7 Å². The molecule has 0 aromatic heterocycles. The largest absolute Gasteiger partial charge is 0.378 e. The van der Waals surface area contributed by atoms with E-state index in [1.54, 1.807) is 11.0 Å². The van der Waals surface area contributed by atoms with E-state index >= 15 is 0 Å². The second-order valence-corrected chi connectivity index (χ2v) is 8.84. The highest BCUT2D eigenvalue weighted by molar-refractivity contribution is 7.98. The van der Waals surface area contributed by atoms with E-state index in [0.29, 0.717) is 36.8 Å². The van der Waals surface area contributed by atoms with Crippen LogP contribution in [-0.4, -0.2) is 57.7 Å². The van der Waals surface area contributed by atoms with E-state index in [0.717, 1.165) is 0 Å². The monoisotopic (exact) mass is 435 g/mol. The molecule has 2 aromatic rings. The molecule has 29 heavy (non-hydrogen) atoms. The van der Waals surface area contributed by atoms with Gasteiger partial charge in [0.25, 0.3) is 15.9 Å². The summed E-state index contributed by atoms with van der Waals surface area (Å²) in [5.74, 6) is -0.821. The highest BCUT2D eigenvalue weighted by Gasteiger charge is 2.24. The van der Waals surface area contributed by atoms with Gasteiger partial charge in [0.1, 0.15) is 0 Å². The van der Waals surface area contributed by atoms with Gasteiger partial charge in [-0.2, -0.15) is 0 Å². The summed E-state index contributed by atoms with van der Waals surface area (Å²) in [6.07, 6.45) is 1.83. The number of hydrogen-bond donors (Lipinski definition) is 2. The third kappa shape index (κ3) is 4.89. The number of anilines is 1. The van der Waals surface area contributed by atoms with Gasteiger partial charge >= 0.3 is 0 Å². The van der Waals surface area contributed by atoms with Gasteiger partial charge < -0.3 is 15.4 Å². The van der Waals surface area contributed by atoms with Crippen LogP contribution in [-0.2, 0) is 14.8 Å². The predicted molar refractivity (Wildman–Crippen MR) is 111 cm³/mol. The number of amides is 2. The van der Waals surface area contributed by atoms with E-state index in [1.807, 2.05) is 6.26 Å². The lowest BCUT2D eigenvalue weighted by atomic mass is 10.2. The van der Waals surface area contributed by atoms with Crippen LogP contribution in [0, 0.1) is 0 Å². The summed E-state index contributed by atoms with van der Waals surface area (Å²) in [6.45, 7) is 1.85. The quantitative estimate of drug-likeness (QED) is 0.668. The molecule has 2 amide bonds. The molecular formula is C19H21N3O5S2. The van der Waals surface area contributed by atoms with E-state index in [-0.39, 0.29) is 22.1 Å². The summed E-state index contributed by atoms with van der Waals surface area (Å²) in [5.41, 5.74) is 6.09.